The van der Waals surface area contributed by atoms with Crippen molar-refractivity contribution in [2.45, 2.75) is 51.0 Å². The predicted octanol–water partition coefficient (Wildman–Crippen LogP) is 4.49. The maximum atomic E-state index is 13.1. The average molecular weight is 371 g/mol. The quantitative estimate of drug-likeness (QED) is 0.725. The van der Waals surface area contributed by atoms with E-state index >= 15 is 0 Å². The topological polar surface area (TPSA) is 63.3 Å². The van der Waals surface area contributed by atoms with E-state index in [-0.39, 0.29) is 25.2 Å². The van der Waals surface area contributed by atoms with Crippen LogP contribution in [-0.2, 0) is 23.6 Å². The molecule has 142 valence electrons. The number of halogens is 6. The second-order valence-electron chi connectivity index (χ2n) is 6.41. The number of alkyl halides is 6. The highest BCUT2D eigenvalue weighted by Crippen LogP contribution is 2.42. The van der Waals surface area contributed by atoms with E-state index in [1.165, 1.54) is 6.92 Å². The minimum absolute atomic E-state index is 0.0113. The number of carboxylic acid groups (broad SMARTS) is 1. The Morgan fingerprint density at radius 3 is 2.16 bits per heavy atom. The molecule has 0 amide bonds. The Hall–Kier alpha value is -1.77. The van der Waals surface area contributed by atoms with E-state index in [1.54, 1.807) is 6.92 Å². The van der Waals surface area contributed by atoms with E-state index < -0.39 is 40.6 Å². The van der Waals surface area contributed by atoms with Crippen molar-refractivity contribution in [3.63, 3.8) is 0 Å². The van der Waals surface area contributed by atoms with Gasteiger partial charge in [0, 0.05) is 0 Å². The lowest BCUT2D eigenvalue weighted by Gasteiger charge is -2.24. The molecule has 9 heteroatoms. The zero-order valence-corrected chi connectivity index (χ0v) is 13.6. The van der Waals surface area contributed by atoms with Gasteiger partial charge in [0.1, 0.15) is 5.54 Å². The van der Waals surface area contributed by atoms with E-state index in [0.717, 1.165) is 12.1 Å². The van der Waals surface area contributed by atoms with E-state index in [2.05, 4.69) is 0 Å². The van der Waals surface area contributed by atoms with E-state index in [9.17, 15) is 31.1 Å². The summed E-state index contributed by atoms with van der Waals surface area (Å²) in [5.41, 5.74) is 0.143. The number of benzene rings is 1. The number of hydrogen-bond acceptors (Lipinski definition) is 2. The molecule has 0 aliphatic rings. The minimum Gasteiger partial charge on any atom is -0.480 e. The summed E-state index contributed by atoms with van der Waals surface area (Å²) >= 11 is 0. The molecule has 2 atom stereocenters. The van der Waals surface area contributed by atoms with Gasteiger partial charge in [0.2, 0.25) is 0 Å². The highest BCUT2D eigenvalue weighted by Gasteiger charge is 2.44. The third-order valence-corrected chi connectivity index (χ3v) is 3.91. The van der Waals surface area contributed by atoms with Gasteiger partial charge in [0.15, 0.2) is 0 Å². The molecule has 0 saturated carbocycles. The van der Waals surface area contributed by atoms with Crippen molar-refractivity contribution in [1.82, 2.24) is 0 Å². The van der Waals surface area contributed by atoms with Gasteiger partial charge in [-0.15, -0.1) is 0 Å². The van der Waals surface area contributed by atoms with Crippen molar-refractivity contribution in [3.05, 3.63) is 34.9 Å². The molecule has 0 spiro atoms. The second-order valence-corrected chi connectivity index (χ2v) is 6.41. The monoisotopic (exact) mass is 371 g/mol. The van der Waals surface area contributed by atoms with E-state index in [0.29, 0.717) is 6.07 Å². The second kappa shape index (κ2) is 7.23. The van der Waals surface area contributed by atoms with Crippen LogP contribution in [0.4, 0.5) is 26.3 Å². The molecular formula is C16H19F6NO2. The van der Waals surface area contributed by atoms with Crippen molar-refractivity contribution < 1.29 is 36.2 Å². The first-order chi connectivity index (χ1) is 11.2. The van der Waals surface area contributed by atoms with Crippen LogP contribution in [0.15, 0.2) is 18.2 Å². The van der Waals surface area contributed by atoms with Gasteiger partial charge in [0.05, 0.1) is 11.1 Å². The standard InChI is InChI=1S/C16H19F6NO2/c1-9(8-14(2,23)13(24)25)6-7-10-4-3-5-11(15(17,18)19)12(10)16(20,21)22/h3-5,9H,6-8,23H2,1-2H3,(H,24,25). The Bertz CT molecular complexity index is 622. The maximum Gasteiger partial charge on any atom is 0.417 e. The third-order valence-electron chi connectivity index (χ3n) is 3.91. The van der Waals surface area contributed by atoms with Crippen molar-refractivity contribution in [1.29, 1.82) is 0 Å². The molecule has 0 radical (unpaired) electrons. The zero-order chi connectivity index (χ0) is 19.6. The van der Waals surface area contributed by atoms with Gasteiger partial charge >= 0.3 is 18.3 Å². The summed E-state index contributed by atoms with van der Waals surface area (Å²) in [6.07, 6.45) is -10.5. The van der Waals surface area contributed by atoms with Crippen LogP contribution >= 0.6 is 0 Å². The molecule has 1 rings (SSSR count). The smallest absolute Gasteiger partial charge is 0.417 e. The first-order valence-corrected chi connectivity index (χ1v) is 7.45. The van der Waals surface area contributed by atoms with Gasteiger partial charge in [-0.25, -0.2) is 0 Å². The number of aliphatic carboxylic acids is 1. The van der Waals surface area contributed by atoms with Gasteiger partial charge in [-0.2, -0.15) is 26.3 Å². The van der Waals surface area contributed by atoms with Gasteiger partial charge in [-0.3, -0.25) is 4.79 Å². The van der Waals surface area contributed by atoms with Crippen LogP contribution < -0.4 is 5.73 Å². The molecule has 0 aliphatic carbocycles. The molecule has 0 aliphatic heterocycles. The van der Waals surface area contributed by atoms with Crippen LogP contribution in [0.1, 0.15) is 43.4 Å². The van der Waals surface area contributed by atoms with Crippen molar-refractivity contribution in [2.24, 2.45) is 11.7 Å². The first-order valence-electron chi connectivity index (χ1n) is 7.45. The number of hydrogen-bond donors (Lipinski definition) is 2. The molecule has 0 saturated heterocycles. The SMILES string of the molecule is CC(CCc1cccc(C(F)(F)F)c1C(F)(F)F)CC(C)(N)C(=O)O. The zero-order valence-electron chi connectivity index (χ0n) is 13.6. The summed E-state index contributed by atoms with van der Waals surface area (Å²) in [7, 11) is 0. The Balaban J connectivity index is 3.05. The highest BCUT2D eigenvalue weighted by molar-refractivity contribution is 5.77. The van der Waals surface area contributed by atoms with E-state index in [4.69, 9.17) is 10.8 Å². The van der Waals surface area contributed by atoms with Crippen molar-refractivity contribution in [2.75, 3.05) is 0 Å². The highest BCUT2D eigenvalue weighted by atomic mass is 19.4. The number of aryl methyl sites for hydroxylation is 1. The van der Waals surface area contributed by atoms with Crippen LogP contribution in [0.3, 0.4) is 0 Å². The summed E-state index contributed by atoms with van der Waals surface area (Å²) < 4.78 is 78.1. The fourth-order valence-electron chi connectivity index (χ4n) is 2.69. The lowest BCUT2D eigenvalue weighted by molar-refractivity contribution is -0.162. The summed E-state index contributed by atoms with van der Waals surface area (Å²) in [6, 6.07) is 2.34. The molecule has 3 nitrogen and oxygen atoms in total. The average Bonchev–Trinajstić information content (AvgIpc) is 2.42. The Morgan fingerprint density at radius 2 is 1.72 bits per heavy atom. The largest absolute Gasteiger partial charge is 0.480 e. The fraction of sp³-hybridized carbons (Fsp3) is 0.562. The lowest BCUT2D eigenvalue weighted by Crippen LogP contribution is -2.46. The van der Waals surface area contributed by atoms with Crippen LogP contribution in [0.5, 0.6) is 0 Å². The Labute approximate surface area is 140 Å². The summed E-state index contributed by atoms with van der Waals surface area (Å²) in [4.78, 5) is 11.0. The molecule has 3 N–H and O–H groups in total. The Morgan fingerprint density at radius 1 is 1.16 bits per heavy atom. The van der Waals surface area contributed by atoms with Gasteiger partial charge in [-0.05, 0) is 43.7 Å². The molecular weight excluding hydrogens is 352 g/mol. The Kier molecular flexibility index (Phi) is 6.15. The van der Waals surface area contributed by atoms with Crippen LogP contribution in [0.2, 0.25) is 0 Å². The summed E-state index contributed by atoms with van der Waals surface area (Å²) in [6.45, 7) is 2.87. The van der Waals surface area contributed by atoms with E-state index in [1.807, 2.05) is 0 Å². The normalized spacial score (nSPS) is 16.4. The number of carboxylic acids is 1. The van der Waals surface area contributed by atoms with Crippen molar-refractivity contribution in [3.8, 4) is 0 Å². The molecule has 0 aromatic heterocycles. The predicted molar refractivity (Wildman–Crippen MR) is 78.8 cm³/mol. The molecule has 0 fully saturated rings. The summed E-state index contributed by atoms with van der Waals surface area (Å²) in [5, 5.41) is 8.95. The molecule has 0 heterocycles. The fourth-order valence-corrected chi connectivity index (χ4v) is 2.69. The van der Waals surface area contributed by atoms with Gasteiger partial charge in [0.25, 0.3) is 0 Å². The first kappa shape index (κ1) is 21.3. The maximum absolute atomic E-state index is 13.1. The molecule has 1 aromatic carbocycles. The molecule has 1 aromatic rings. The van der Waals surface area contributed by atoms with Crippen LogP contribution in [0, 0.1) is 5.92 Å². The lowest BCUT2D eigenvalue weighted by atomic mass is 9.86. The summed E-state index contributed by atoms with van der Waals surface area (Å²) in [5.74, 6) is -1.64. The van der Waals surface area contributed by atoms with Crippen LogP contribution in [-0.4, -0.2) is 16.6 Å². The van der Waals surface area contributed by atoms with Gasteiger partial charge in [-0.1, -0.05) is 19.1 Å². The minimum atomic E-state index is -5.14. The molecule has 25 heavy (non-hydrogen) atoms. The number of carbonyl (C=O) groups is 1. The molecule has 0 bridgehead atoms. The third kappa shape index (κ3) is 5.62. The van der Waals surface area contributed by atoms with Crippen molar-refractivity contribution >= 4 is 5.97 Å². The molecule has 2 unspecified atom stereocenters. The van der Waals surface area contributed by atoms with Crippen LogP contribution in [0.25, 0.3) is 0 Å². The number of rotatable bonds is 6. The van der Waals surface area contributed by atoms with Gasteiger partial charge < -0.3 is 10.8 Å². The number of nitrogens with two attached hydrogens (primary N) is 1.